The van der Waals surface area contributed by atoms with E-state index in [4.69, 9.17) is 4.42 Å². The minimum Gasteiger partial charge on any atom is -0.465 e. The van der Waals surface area contributed by atoms with Gasteiger partial charge in [0.1, 0.15) is 12.0 Å². The SMILES string of the molecule is C/C(=C\c1ccco1)CCCC=O. The molecule has 1 aromatic heterocycles. The molecular formula is C11H14O2. The van der Waals surface area contributed by atoms with Gasteiger partial charge in [0.05, 0.1) is 6.26 Å². The molecule has 0 N–H and O–H groups in total. The number of hydrogen-bond acceptors (Lipinski definition) is 2. The lowest BCUT2D eigenvalue weighted by molar-refractivity contribution is -0.107. The number of carbonyl (C=O) groups excluding carboxylic acids is 1. The first kappa shape index (κ1) is 9.78. The highest BCUT2D eigenvalue weighted by molar-refractivity contribution is 5.50. The van der Waals surface area contributed by atoms with Gasteiger partial charge >= 0.3 is 0 Å². The number of unbranched alkanes of at least 4 members (excludes halogenated alkanes) is 1. The Balaban J connectivity index is 2.38. The van der Waals surface area contributed by atoms with Gasteiger partial charge in [-0.1, -0.05) is 5.57 Å². The van der Waals surface area contributed by atoms with Crippen molar-refractivity contribution in [1.29, 1.82) is 0 Å². The van der Waals surface area contributed by atoms with Crippen LogP contribution in [0.5, 0.6) is 0 Å². The van der Waals surface area contributed by atoms with E-state index in [2.05, 4.69) is 0 Å². The molecule has 0 aliphatic heterocycles. The van der Waals surface area contributed by atoms with Gasteiger partial charge in [-0.15, -0.1) is 0 Å². The van der Waals surface area contributed by atoms with Gasteiger partial charge in [0.15, 0.2) is 0 Å². The Kier molecular flexibility index (Phi) is 4.03. The van der Waals surface area contributed by atoms with E-state index < -0.39 is 0 Å². The second kappa shape index (κ2) is 5.36. The molecule has 0 saturated carbocycles. The standard InChI is InChI=1S/C11H14O2/c1-10(5-2-3-7-12)9-11-6-4-8-13-11/h4,6-9H,2-3,5H2,1H3/b10-9+. The fourth-order valence-corrected chi connectivity index (χ4v) is 1.15. The Morgan fingerprint density at radius 2 is 2.46 bits per heavy atom. The molecular weight excluding hydrogens is 164 g/mol. The summed E-state index contributed by atoms with van der Waals surface area (Å²) in [5.74, 6) is 0.878. The summed E-state index contributed by atoms with van der Waals surface area (Å²) in [7, 11) is 0. The van der Waals surface area contributed by atoms with Gasteiger partial charge in [0, 0.05) is 6.42 Å². The summed E-state index contributed by atoms with van der Waals surface area (Å²) in [6.07, 6.45) is 7.14. The maximum atomic E-state index is 10.1. The van der Waals surface area contributed by atoms with Crippen molar-refractivity contribution >= 4 is 12.4 Å². The van der Waals surface area contributed by atoms with Gasteiger partial charge < -0.3 is 9.21 Å². The third-order valence-electron chi connectivity index (χ3n) is 1.82. The topological polar surface area (TPSA) is 30.2 Å². The van der Waals surface area contributed by atoms with Crippen molar-refractivity contribution in [3.8, 4) is 0 Å². The molecule has 0 aliphatic carbocycles. The number of allylic oxidation sites excluding steroid dienone is 1. The molecule has 0 saturated heterocycles. The molecule has 2 heteroatoms. The number of carbonyl (C=O) groups is 1. The van der Waals surface area contributed by atoms with Crippen LogP contribution < -0.4 is 0 Å². The average Bonchev–Trinajstić information content (AvgIpc) is 2.57. The lowest BCUT2D eigenvalue weighted by atomic mass is 10.1. The second-order valence-corrected chi connectivity index (χ2v) is 3.07. The van der Waals surface area contributed by atoms with Crippen molar-refractivity contribution in [1.82, 2.24) is 0 Å². The summed E-state index contributed by atoms with van der Waals surface area (Å²) in [6.45, 7) is 2.05. The van der Waals surface area contributed by atoms with Crippen molar-refractivity contribution in [2.45, 2.75) is 26.2 Å². The van der Waals surface area contributed by atoms with E-state index >= 15 is 0 Å². The van der Waals surface area contributed by atoms with E-state index in [1.165, 1.54) is 5.57 Å². The number of aldehydes is 1. The van der Waals surface area contributed by atoms with E-state index in [1.807, 2.05) is 25.1 Å². The molecule has 2 nitrogen and oxygen atoms in total. The monoisotopic (exact) mass is 178 g/mol. The molecule has 0 aromatic carbocycles. The van der Waals surface area contributed by atoms with Crippen molar-refractivity contribution in [3.05, 3.63) is 29.7 Å². The van der Waals surface area contributed by atoms with Gasteiger partial charge in [-0.2, -0.15) is 0 Å². The number of hydrogen-bond donors (Lipinski definition) is 0. The minimum atomic E-state index is 0.642. The van der Waals surface area contributed by atoms with Crippen LogP contribution in [0.4, 0.5) is 0 Å². The summed E-state index contributed by atoms with van der Waals surface area (Å²) in [5.41, 5.74) is 1.25. The molecule has 0 amide bonds. The van der Waals surface area contributed by atoms with E-state index in [9.17, 15) is 4.79 Å². The Labute approximate surface area is 78.3 Å². The summed E-state index contributed by atoms with van der Waals surface area (Å²) >= 11 is 0. The Bertz CT molecular complexity index is 270. The van der Waals surface area contributed by atoms with Gasteiger partial charge in [-0.25, -0.2) is 0 Å². The molecule has 0 spiro atoms. The van der Waals surface area contributed by atoms with Crippen LogP contribution in [0.25, 0.3) is 6.08 Å². The van der Waals surface area contributed by atoms with Crippen LogP contribution in [0.1, 0.15) is 31.9 Å². The molecule has 0 atom stereocenters. The maximum absolute atomic E-state index is 10.1. The van der Waals surface area contributed by atoms with E-state index in [0.29, 0.717) is 6.42 Å². The molecule has 1 rings (SSSR count). The number of rotatable bonds is 5. The van der Waals surface area contributed by atoms with Crippen LogP contribution >= 0.6 is 0 Å². The highest BCUT2D eigenvalue weighted by Crippen LogP contribution is 2.11. The van der Waals surface area contributed by atoms with Crippen LogP contribution in [0.15, 0.2) is 28.4 Å². The van der Waals surface area contributed by atoms with Crippen LogP contribution in [0.2, 0.25) is 0 Å². The average molecular weight is 178 g/mol. The lowest BCUT2D eigenvalue weighted by Gasteiger charge is -1.96. The van der Waals surface area contributed by atoms with Crippen LogP contribution in [-0.4, -0.2) is 6.29 Å². The highest BCUT2D eigenvalue weighted by atomic mass is 16.3. The Morgan fingerprint density at radius 3 is 3.08 bits per heavy atom. The van der Waals surface area contributed by atoms with Crippen molar-refractivity contribution in [3.63, 3.8) is 0 Å². The minimum absolute atomic E-state index is 0.642. The summed E-state index contributed by atoms with van der Waals surface area (Å²) in [5, 5.41) is 0. The first-order valence-corrected chi connectivity index (χ1v) is 4.47. The molecule has 0 unspecified atom stereocenters. The summed E-state index contributed by atoms with van der Waals surface area (Å²) in [6, 6.07) is 3.79. The molecule has 70 valence electrons. The zero-order chi connectivity index (χ0) is 9.52. The molecule has 0 radical (unpaired) electrons. The summed E-state index contributed by atoms with van der Waals surface area (Å²) < 4.78 is 5.16. The van der Waals surface area contributed by atoms with Crippen molar-refractivity contribution in [2.24, 2.45) is 0 Å². The zero-order valence-corrected chi connectivity index (χ0v) is 7.82. The zero-order valence-electron chi connectivity index (χ0n) is 7.82. The normalized spacial score (nSPS) is 11.6. The molecule has 0 bridgehead atoms. The van der Waals surface area contributed by atoms with Gasteiger partial charge in [-0.05, 0) is 38.0 Å². The van der Waals surface area contributed by atoms with Crippen LogP contribution in [0.3, 0.4) is 0 Å². The first-order chi connectivity index (χ1) is 6.33. The third-order valence-corrected chi connectivity index (χ3v) is 1.82. The molecule has 0 aliphatic rings. The van der Waals surface area contributed by atoms with E-state index in [1.54, 1.807) is 6.26 Å². The fraction of sp³-hybridized carbons (Fsp3) is 0.364. The molecule has 1 heterocycles. The Hall–Kier alpha value is -1.31. The molecule has 13 heavy (non-hydrogen) atoms. The highest BCUT2D eigenvalue weighted by Gasteiger charge is 1.93. The van der Waals surface area contributed by atoms with Crippen molar-refractivity contribution in [2.75, 3.05) is 0 Å². The predicted molar refractivity (Wildman–Crippen MR) is 52.3 cm³/mol. The van der Waals surface area contributed by atoms with E-state index in [0.717, 1.165) is 24.9 Å². The second-order valence-electron chi connectivity index (χ2n) is 3.07. The maximum Gasteiger partial charge on any atom is 0.126 e. The van der Waals surface area contributed by atoms with Gasteiger partial charge in [-0.3, -0.25) is 0 Å². The van der Waals surface area contributed by atoms with E-state index in [-0.39, 0.29) is 0 Å². The quantitative estimate of drug-likeness (QED) is 0.512. The lowest BCUT2D eigenvalue weighted by Crippen LogP contribution is -1.80. The van der Waals surface area contributed by atoms with Gasteiger partial charge in [0.25, 0.3) is 0 Å². The van der Waals surface area contributed by atoms with Crippen LogP contribution in [0, 0.1) is 0 Å². The van der Waals surface area contributed by atoms with Crippen molar-refractivity contribution < 1.29 is 9.21 Å². The smallest absolute Gasteiger partial charge is 0.126 e. The predicted octanol–water partition coefficient (Wildman–Crippen LogP) is 3.05. The first-order valence-electron chi connectivity index (χ1n) is 4.47. The fourth-order valence-electron chi connectivity index (χ4n) is 1.15. The largest absolute Gasteiger partial charge is 0.465 e. The third kappa shape index (κ3) is 3.74. The number of furan rings is 1. The Morgan fingerprint density at radius 1 is 1.62 bits per heavy atom. The molecule has 0 fully saturated rings. The summed E-state index contributed by atoms with van der Waals surface area (Å²) in [4.78, 5) is 10.1. The molecule has 1 aromatic rings. The van der Waals surface area contributed by atoms with Crippen LogP contribution in [-0.2, 0) is 4.79 Å². The van der Waals surface area contributed by atoms with Gasteiger partial charge in [0.2, 0.25) is 0 Å².